The molecule has 1 aromatic carbocycles. The molecule has 1 unspecified atom stereocenters. The SMILES string of the molecule is CC(C)CC1CN(c2cc(Cl)cc(Cl)c2)CCCN1. The van der Waals surface area contributed by atoms with E-state index in [2.05, 4.69) is 24.1 Å². The van der Waals surface area contributed by atoms with Gasteiger partial charge in [-0.1, -0.05) is 37.0 Å². The summed E-state index contributed by atoms with van der Waals surface area (Å²) < 4.78 is 0. The largest absolute Gasteiger partial charge is 0.370 e. The molecule has 1 saturated heterocycles. The highest BCUT2D eigenvalue weighted by atomic mass is 35.5. The molecule has 0 radical (unpaired) electrons. The fraction of sp³-hybridized carbons (Fsp3) is 0.600. The van der Waals surface area contributed by atoms with Gasteiger partial charge in [-0.05, 0) is 43.5 Å². The summed E-state index contributed by atoms with van der Waals surface area (Å²) >= 11 is 12.2. The molecule has 0 amide bonds. The van der Waals surface area contributed by atoms with Gasteiger partial charge in [-0.3, -0.25) is 0 Å². The highest BCUT2D eigenvalue weighted by molar-refractivity contribution is 6.35. The number of benzene rings is 1. The van der Waals surface area contributed by atoms with Gasteiger partial charge in [0.05, 0.1) is 0 Å². The Morgan fingerprint density at radius 3 is 2.58 bits per heavy atom. The summed E-state index contributed by atoms with van der Waals surface area (Å²) in [5.74, 6) is 0.709. The lowest BCUT2D eigenvalue weighted by atomic mass is 10.0. The Labute approximate surface area is 126 Å². The number of nitrogens with one attached hydrogen (secondary N) is 1. The first-order valence-corrected chi connectivity index (χ1v) is 7.74. The van der Waals surface area contributed by atoms with Crippen molar-refractivity contribution in [2.75, 3.05) is 24.5 Å². The van der Waals surface area contributed by atoms with Gasteiger partial charge in [-0.25, -0.2) is 0 Å². The van der Waals surface area contributed by atoms with Crippen molar-refractivity contribution in [2.24, 2.45) is 5.92 Å². The van der Waals surface area contributed by atoms with Crippen LogP contribution in [0.5, 0.6) is 0 Å². The molecule has 2 rings (SSSR count). The van der Waals surface area contributed by atoms with Gasteiger partial charge in [-0.15, -0.1) is 0 Å². The molecule has 106 valence electrons. The van der Waals surface area contributed by atoms with E-state index in [0.717, 1.165) is 31.7 Å². The van der Waals surface area contributed by atoms with Gasteiger partial charge in [0.2, 0.25) is 0 Å². The predicted molar refractivity (Wildman–Crippen MR) is 84.5 cm³/mol. The third-order valence-electron chi connectivity index (χ3n) is 3.45. The molecule has 4 heteroatoms. The lowest BCUT2D eigenvalue weighted by Crippen LogP contribution is -2.38. The van der Waals surface area contributed by atoms with Crippen molar-refractivity contribution >= 4 is 28.9 Å². The molecule has 0 spiro atoms. The number of anilines is 1. The predicted octanol–water partition coefficient (Wildman–Crippen LogP) is 4.21. The molecule has 0 bridgehead atoms. The summed E-state index contributed by atoms with van der Waals surface area (Å²) in [6.07, 6.45) is 2.35. The lowest BCUT2D eigenvalue weighted by Gasteiger charge is -2.27. The average Bonchev–Trinajstić information content (AvgIpc) is 2.52. The molecular weight excluding hydrogens is 279 g/mol. The van der Waals surface area contributed by atoms with E-state index in [1.165, 1.54) is 6.42 Å². The molecule has 1 fully saturated rings. The minimum Gasteiger partial charge on any atom is -0.370 e. The van der Waals surface area contributed by atoms with Crippen LogP contribution in [0, 0.1) is 5.92 Å². The van der Waals surface area contributed by atoms with E-state index in [0.29, 0.717) is 22.0 Å². The van der Waals surface area contributed by atoms with E-state index < -0.39 is 0 Å². The maximum atomic E-state index is 6.10. The number of halogens is 2. The van der Waals surface area contributed by atoms with Crippen LogP contribution in [0.3, 0.4) is 0 Å². The molecule has 0 saturated carbocycles. The van der Waals surface area contributed by atoms with Gasteiger partial charge in [0.1, 0.15) is 0 Å². The topological polar surface area (TPSA) is 15.3 Å². The Balaban J connectivity index is 2.12. The van der Waals surface area contributed by atoms with Crippen molar-refractivity contribution in [3.8, 4) is 0 Å². The highest BCUT2D eigenvalue weighted by Crippen LogP contribution is 2.26. The van der Waals surface area contributed by atoms with Gasteiger partial charge in [-0.2, -0.15) is 0 Å². The zero-order chi connectivity index (χ0) is 13.8. The van der Waals surface area contributed by atoms with Crippen molar-refractivity contribution in [1.29, 1.82) is 0 Å². The van der Waals surface area contributed by atoms with Gasteiger partial charge < -0.3 is 10.2 Å². The molecule has 1 atom stereocenters. The second-order valence-electron chi connectivity index (χ2n) is 5.71. The summed E-state index contributed by atoms with van der Waals surface area (Å²) in [6.45, 7) is 7.70. The first-order valence-electron chi connectivity index (χ1n) is 6.99. The van der Waals surface area contributed by atoms with Crippen molar-refractivity contribution in [3.63, 3.8) is 0 Å². The monoisotopic (exact) mass is 300 g/mol. The third kappa shape index (κ3) is 4.55. The minimum absolute atomic E-state index is 0.542. The summed E-state index contributed by atoms with van der Waals surface area (Å²) in [5.41, 5.74) is 1.13. The fourth-order valence-corrected chi connectivity index (χ4v) is 3.20. The van der Waals surface area contributed by atoms with Gasteiger partial charge in [0.15, 0.2) is 0 Å². The number of hydrogen-bond donors (Lipinski definition) is 1. The molecule has 19 heavy (non-hydrogen) atoms. The first kappa shape index (κ1) is 15.0. The van der Waals surface area contributed by atoms with Crippen molar-refractivity contribution < 1.29 is 0 Å². The van der Waals surface area contributed by atoms with Crippen LogP contribution in [-0.4, -0.2) is 25.7 Å². The Hall–Kier alpha value is -0.440. The molecule has 1 aromatic rings. The summed E-state index contributed by atoms with van der Waals surface area (Å²) in [4.78, 5) is 2.39. The van der Waals surface area contributed by atoms with Crippen LogP contribution in [0.4, 0.5) is 5.69 Å². The minimum atomic E-state index is 0.542. The van der Waals surface area contributed by atoms with E-state index >= 15 is 0 Å². The maximum Gasteiger partial charge on any atom is 0.0441 e. The molecule has 1 N–H and O–H groups in total. The third-order valence-corrected chi connectivity index (χ3v) is 3.88. The molecule has 0 aromatic heterocycles. The summed E-state index contributed by atoms with van der Waals surface area (Å²) in [6, 6.07) is 6.34. The zero-order valence-corrected chi connectivity index (χ0v) is 13.1. The maximum absolute atomic E-state index is 6.10. The first-order chi connectivity index (χ1) is 9.04. The smallest absolute Gasteiger partial charge is 0.0441 e. The Morgan fingerprint density at radius 1 is 1.26 bits per heavy atom. The number of nitrogens with zero attached hydrogens (tertiary/aromatic N) is 1. The molecule has 0 aliphatic carbocycles. The molecular formula is C15H22Cl2N2. The Morgan fingerprint density at radius 2 is 1.95 bits per heavy atom. The van der Waals surface area contributed by atoms with Crippen LogP contribution < -0.4 is 10.2 Å². The van der Waals surface area contributed by atoms with Crippen molar-refractivity contribution in [1.82, 2.24) is 5.32 Å². The Bertz CT molecular complexity index is 400. The van der Waals surface area contributed by atoms with E-state index in [1.807, 2.05) is 12.1 Å². The second-order valence-corrected chi connectivity index (χ2v) is 6.58. The van der Waals surface area contributed by atoms with Gasteiger partial charge in [0.25, 0.3) is 0 Å². The molecule has 1 aliphatic heterocycles. The fourth-order valence-electron chi connectivity index (χ4n) is 2.68. The standard InChI is InChI=1S/C15H22Cl2N2/c1-11(2)6-14-10-19(5-3-4-18-14)15-8-12(16)7-13(17)9-15/h7-9,11,14,18H,3-6,10H2,1-2H3. The van der Waals surface area contributed by atoms with Crippen LogP contribution >= 0.6 is 23.2 Å². The average molecular weight is 301 g/mol. The van der Waals surface area contributed by atoms with Gasteiger partial charge in [0, 0.05) is 34.9 Å². The Kier molecular flexibility index (Phi) is 5.37. The van der Waals surface area contributed by atoms with Gasteiger partial charge >= 0.3 is 0 Å². The molecule has 2 nitrogen and oxygen atoms in total. The van der Waals surface area contributed by atoms with Crippen molar-refractivity contribution in [2.45, 2.75) is 32.7 Å². The summed E-state index contributed by atoms with van der Waals surface area (Å²) in [7, 11) is 0. The number of rotatable bonds is 3. The van der Waals surface area contributed by atoms with E-state index in [1.54, 1.807) is 6.07 Å². The van der Waals surface area contributed by atoms with E-state index in [9.17, 15) is 0 Å². The molecule has 1 aliphatic rings. The lowest BCUT2D eigenvalue weighted by molar-refractivity contribution is 0.436. The molecule has 1 heterocycles. The zero-order valence-electron chi connectivity index (χ0n) is 11.6. The normalized spacial score (nSPS) is 20.7. The van der Waals surface area contributed by atoms with Crippen LogP contribution in [0.1, 0.15) is 26.7 Å². The van der Waals surface area contributed by atoms with E-state index in [4.69, 9.17) is 23.2 Å². The van der Waals surface area contributed by atoms with E-state index in [-0.39, 0.29) is 0 Å². The quantitative estimate of drug-likeness (QED) is 0.899. The van der Waals surface area contributed by atoms with Crippen LogP contribution in [0.25, 0.3) is 0 Å². The second kappa shape index (κ2) is 6.83. The summed E-state index contributed by atoms with van der Waals surface area (Å²) in [5, 5.41) is 5.05. The van der Waals surface area contributed by atoms with Crippen LogP contribution in [0.2, 0.25) is 10.0 Å². The van der Waals surface area contributed by atoms with Crippen LogP contribution in [0.15, 0.2) is 18.2 Å². The van der Waals surface area contributed by atoms with Crippen LogP contribution in [-0.2, 0) is 0 Å². The number of hydrogen-bond acceptors (Lipinski definition) is 2. The highest BCUT2D eigenvalue weighted by Gasteiger charge is 2.19. The van der Waals surface area contributed by atoms with Crippen molar-refractivity contribution in [3.05, 3.63) is 28.2 Å².